The largest absolute Gasteiger partial charge is 0.435 e. The zero-order valence-corrected chi connectivity index (χ0v) is 11.5. The maximum absolute atomic E-state index is 12.3. The number of benzene rings is 1. The molecule has 1 saturated heterocycles. The van der Waals surface area contributed by atoms with Crippen LogP contribution in [0.4, 0.5) is 14.5 Å². The maximum atomic E-state index is 12.3. The van der Waals surface area contributed by atoms with Crippen molar-refractivity contribution in [1.82, 2.24) is 5.32 Å². The van der Waals surface area contributed by atoms with Crippen molar-refractivity contribution in [3.8, 4) is 5.75 Å². The Kier molecular flexibility index (Phi) is 4.05. The molecule has 1 amide bonds. The van der Waals surface area contributed by atoms with Gasteiger partial charge in [-0.3, -0.25) is 4.79 Å². The molecule has 114 valence electrons. The summed E-state index contributed by atoms with van der Waals surface area (Å²) in [4.78, 5) is 12.3. The smallest absolute Gasteiger partial charge is 0.387 e. The van der Waals surface area contributed by atoms with Crippen molar-refractivity contribution in [3.05, 3.63) is 24.3 Å². The molecule has 1 aromatic rings. The monoisotopic (exact) mass is 296 g/mol. The van der Waals surface area contributed by atoms with Crippen molar-refractivity contribution in [1.29, 1.82) is 0 Å². The van der Waals surface area contributed by atoms with Crippen LogP contribution in [0.2, 0.25) is 0 Å². The molecule has 2 N–H and O–H groups in total. The molecule has 1 heterocycles. The summed E-state index contributed by atoms with van der Waals surface area (Å²) in [6, 6.07) is 5.90. The third kappa shape index (κ3) is 3.15. The average Bonchev–Trinajstić information content (AvgIpc) is 2.99. The Bertz CT molecular complexity index is 524. The van der Waals surface area contributed by atoms with Crippen molar-refractivity contribution in [3.63, 3.8) is 0 Å². The highest BCUT2D eigenvalue weighted by Gasteiger charge is 2.42. The molecule has 0 radical (unpaired) electrons. The molecule has 1 saturated carbocycles. The molecule has 1 aliphatic carbocycles. The van der Waals surface area contributed by atoms with Crippen LogP contribution in [0.3, 0.4) is 0 Å². The van der Waals surface area contributed by atoms with E-state index in [2.05, 4.69) is 15.4 Å². The number of amides is 1. The van der Waals surface area contributed by atoms with Gasteiger partial charge in [0.25, 0.3) is 0 Å². The average molecular weight is 296 g/mol. The van der Waals surface area contributed by atoms with Gasteiger partial charge in [-0.05, 0) is 43.4 Å². The van der Waals surface area contributed by atoms with Crippen LogP contribution in [0.5, 0.6) is 5.75 Å². The van der Waals surface area contributed by atoms with E-state index in [0.29, 0.717) is 17.5 Å². The van der Waals surface area contributed by atoms with Crippen molar-refractivity contribution < 1.29 is 18.3 Å². The summed E-state index contributed by atoms with van der Waals surface area (Å²) in [5, 5.41) is 6.05. The third-order valence-corrected chi connectivity index (χ3v) is 4.36. The molecule has 2 aliphatic rings. The number of alkyl halides is 2. The Morgan fingerprint density at radius 2 is 2.24 bits per heavy atom. The lowest BCUT2D eigenvalue weighted by Gasteiger charge is -2.18. The summed E-state index contributed by atoms with van der Waals surface area (Å²) in [5.74, 6) is 0.930. The van der Waals surface area contributed by atoms with Gasteiger partial charge in [0.1, 0.15) is 5.75 Å². The number of fused-ring (bicyclic) bond motifs is 1. The number of rotatable bonds is 4. The van der Waals surface area contributed by atoms with E-state index in [9.17, 15) is 13.6 Å². The standard InChI is InChI=1S/C15H18F2N2O2/c16-15(17)21-11-5-2-4-10(7-11)19-14(20)13-12-6-1-3-9(12)8-18-13/h2,4-5,7,9,12-13,15,18H,1,3,6,8H2,(H,19,20). The van der Waals surface area contributed by atoms with Gasteiger partial charge in [0.15, 0.2) is 0 Å². The lowest BCUT2D eigenvalue weighted by molar-refractivity contribution is -0.118. The molecule has 1 aromatic carbocycles. The fraction of sp³-hybridized carbons (Fsp3) is 0.533. The molecule has 3 unspecified atom stereocenters. The minimum atomic E-state index is -2.87. The van der Waals surface area contributed by atoms with E-state index < -0.39 is 6.61 Å². The van der Waals surface area contributed by atoms with Crippen LogP contribution in [0.1, 0.15) is 19.3 Å². The first-order valence-corrected chi connectivity index (χ1v) is 7.22. The number of anilines is 1. The summed E-state index contributed by atoms with van der Waals surface area (Å²) in [6.07, 6.45) is 3.43. The quantitative estimate of drug-likeness (QED) is 0.898. The van der Waals surface area contributed by atoms with E-state index >= 15 is 0 Å². The number of hydrogen-bond donors (Lipinski definition) is 2. The van der Waals surface area contributed by atoms with E-state index in [0.717, 1.165) is 13.0 Å². The topological polar surface area (TPSA) is 50.4 Å². The predicted molar refractivity (Wildman–Crippen MR) is 74.3 cm³/mol. The van der Waals surface area contributed by atoms with Gasteiger partial charge in [-0.1, -0.05) is 12.5 Å². The van der Waals surface area contributed by atoms with Gasteiger partial charge in [-0.2, -0.15) is 8.78 Å². The first kappa shape index (κ1) is 14.3. The van der Waals surface area contributed by atoms with Gasteiger partial charge in [0, 0.05) is 11.8 Å². The molecule has 3 rings (SSSR count). The van der Waals surface area contributed by atoms with Crippen LogP contribution in [0, 0.1) is 11.8 Å². The van der Waals surface area contributed by atoms with E-state index in [4.69, 9.17) is 0 Å². The van der Waals surface area contributed by atoms with Crippen LogP contribution < -0.4 is 15.4 Å². The van der Waals surface area contributed by atoms with E-state index in [-0.39, 0.29) is 17.7 Å². The summed E-state index contributed by atoms with van der Waals surface area (Å²) >= 11 is 0. The Hall–Kier alpha value is -1.69. The second-order valence-electron chi connectivity index (χ2n) is 5.64. The molecule has 2 fully saturated rings. The highest BCUT2D eigenvalue weighted by Crippen LogP contribution is 2.38. The van der Waals surface area contributed by atoms with Crippen molar-refractivity contribution >= 4 is 11.6 Å². The minimum Gasteiger partial charge on any atom is -0.435 e. The lowest BCUT2D eigenvalue weighted by atomic mass is 9.93. The highest BCUT2D eigenvalue weighted by molar-refractivity contribution is 5.95. The Balaban J connectivity index is 1.64. The predicted octanol–water partition coefficient (Wildman–Crippen LogP) is 2.61. The van der Waals surface area contributed by atoms with Crippen LogP contribution in [0.15, 0.2) is 24.3 Å². The van der Waals surface area contributed by atoms with Crippen molar-refractivity contribution in [2.75, 3.05) is 11.9 Å². The van der Waals surface area contributed by atoms with Crippen LogP contribution >= 0.6 is 0 Å². The van der Waals surface area contributed by atoms with Gasteiger partial charge in [0.2, 0.25) is 5.91 Å². The zero-order chi connectivity index (χ0) is 14.8. The molecule has 0 aromatic heterocycles. The molecule has 6 heteroatoms. The number of carbonyl (C=O) groups is 1. The Labute approximate surface area is 121 Å². The summed E-state index contributed by atoms with van der Waals surface area (Å²) in [6.45, 7) is -1.98. The summed E-state index contributed by atoms with van der Waals surface area (Å²) < 4.78 is 28.7. The normalized spacial score (nSPS) is 27.7. The molecule has 1 aliphatic heterocycles. The minimum absolute atomic E-state index is 0.0425. The van der Waals surface area contributed by atoms with Gasteiger partial charge in [-0.15, -0.1) is 0 Å². The number of nitrogens with one attached hydrogen (secondary N) is 2. The molecular weight excluding hydrogens is 278 g/mol. The van der Waals surface area contributed by atoms with Gasteiger partial charge in [0.05, 0.1) is 6.04 Å². The number of carbonyl (C=O) groups excluding carboxylic acids is 1. The van der Waals surface area contributed by atoms with Gasteiger partial charge >= 0.3 is 6.61 Å². The molecule has 3 atom stereocenters. The highest BCUT2D eigenvalue weighted by atomic mass is 19.3. The Morgan fingerprint density at radius 1 is 1.38 bits per heavy atom. The van der Waals surface area contributed by atoms with Crippen molar-refractivity contribution in [2.24, 2.45) is 11.8 Å². The summed E-state index contributed by atoms with van der Waals surface area (Å²) in [5.41, 5.74) is 0.474. The third-order valence-electron chi connectivity index (χ3n) is 4.36. The van der Waals surface area contributed by atoms with E-state index in [1.54, 1.807) is 12.1 Å². The number of ether oxygens (including phenoxy) is 1. The fourth-order valence-corrected chi connectivity index (χ4v) is 3.44. The second-order valence-corrected chi connectivity index (χ2v) is 5.64. The van der Waals surface area contributed by atoms with Gasteiger partial charge in [-0.25, -0.2) is 0 Å². The zero-order valence-electron chi connectivity index (χ0n) is 11.5. The van der Waals surface area contributed by atoms with Crippen LogP contribution in [0.25, 0.3) is 0 Å². The van der Waals surface area contributed by atoms with E-state index in [1.165, 1.54) is 25.0 Å². The van der Waals surface area contributed by atoms with Gasteiger partial charge < -0.3 is 15.4 Å². The molecule has 0 spiro atoms. The SMILES string of the molecule is O=C(Nc1cccc(OC(F)F)c1)C1NCC2CCCC21. The molecule has 0 bridgehead atoms. The number of hydrogen-bond acceptors (Lipinski definition) is 3. The number of halogens is 2. The second kappa shape index (κ2) is 5.97. The first-order valence-electron chi connectivity index (χ1n) is 7.22. The molecular formula is C15H18F2N2O2. The Morgan fingerprint density at radius 3 is 3.05 bits per heavy atom. The molecule has 4 nitrogen and oxygen atoms in total. The van der Waals surface area contributed by atoms with E-state index in [1.807, 2.05) is 0 Å². The summed E-state index contributed by atoms with van der Waals surface area (Å²) in [7, 11) is 0. The van der Waals surface area contributed by atoms with Crippen molar-refractivity contribution in [2.45, 2.75) is 31.9 Å². The first-order chi connectivity index (χ1) is 10.1. The fourth-order valence-electron chi connectivity index (χ4n) is 3.44. The molecule has 21 heavy (non-hydrogen) atoms. The van der Waals surface area contributed by atoms with Crippen LogP contribution in [-0.4, -0.2) is 25.1 Å². The van der Waals surface area contributed by atoms with Crippen LogP contribution in [-0.2, 0) is 4.79 Å². The maximum Gasteiger partial charge on any atom is 0.387 e. The lowest BCUT2D eigenvalue weighted by Crippen LogP contribution is -2.39.